The molecule has 0 fully saturated rings. The Hall–Kier alpha value is 0.0700. The fourth-order valence-electron chi connectivity index (χ4n) is 2.20. The van der Waals surface area contributed by atoms with Crippen molar-refractivity contribution in [2.75, 3.05) is 10.7 Å². The molecule has 1 nitrogen and oxygen atoms in total. The zero-order valence-electron chi connectivity index (χ0n) is 10.5. The van der Waals surface area contributed by atoms with E-state index in [1.165, 1.54) is 22.5 Å². The quantitative estimate of drug-likeness (QED) is 0.600. The summed E-state index contributed by atoms with van der Waals surface area (Å²) in [5, 5.41) is 3.30. The van der Waals surface area contributed by atoms with Crippen molar-refractivity contribution in [3.63, 3.8) is 0 Å². The molecule has 0 aliphatic rings. The SMILES string of the molecule is CCCC(CBr)(CBr)Cc1nc2ccccc2s1. The van der Waals surface area contributed by atoms with Crippen LogP contribution < -0.4 is 0 Å². The minimum atomic E-state index is 0.294. The van der Waals surface area contributed by atoms with Crippen LogP contribution in [0.5, 0.6) is 0 Å². The highest BCUT2D eigenvalue weighted by molar-refractivity contribution is 9.09. The molecule has 0 saturated carbocycles. The summed E-state index contributed by atoms with van der Waals surface area (Å²) < 4.78 is 1.29. The van der Waals surface area contributed by atoms with E-state index in [2.05, 4.69) is 63.0 Å². The molecule has 18 heavy (non-hydrogen) atoms. The Bertz CT molecular complexity index is 472. The Morgan fingerprint density at radius 2 is 1.94 bits per heavy atom. The lowest BCUT2D eigenvalue weighted by Gasteiger charge is -2.28. The summed E-state index contributed by atoms with van der Waals surface area (Å²) in [4.78, 5) is 4.75. The predicted molar refractivity (Wildman–Crippen MR) is 88.3 cm³/mol. The van der Waals surface area contributed by atoms with Crippen molar-refractivity contribution in [2.45, 2.75) is 26.2 Å². The van der Waals surface area contributed by atoms with Crippen LogP contribution in [0.4, 0.5) is 0 Å². The van der Waals surface area contributed by atoms with E-state index in [9.17, 15) is 0 Å². The summed E-state index contributed by atoms with van der Waals surface area (Å²) >= 11 is 9.19. The van der Waals surface area contributed by atoms with Gasteiger partial charge in [-0.2, -0.15) is 0 Å². The summed E-state index contributed by atoms with van der Waals surface area (Å²) in [5.74, 6) is 0. The Morgan fingerprint density at radius 1 is 1.22 bits per heavy atom. The number of thiazole rings is 1. The van der Waals surface area contributed by atoms with Crippen LogP contribution in [0.1, 0.15) is 24.8 Å². The van der Waals surface area contributed by atoms with E-state index in [-0.39, 0.29) is 0 Å². The van der Waals surface area contributed by atoms with E-state index >= 15 is 0 Å². The number of hydrogen-bond acceptors (Lipinski definition) is 2. The molecule has 98 valence electrons. The first-order valence-corrected chi connectivity index (χ1v) is 9.25. The van der Waals surface area contributed by atoms with Crippen molar-refractivity contribution in [1.82, 2.24) is 4.98 Å². The van der Waals surface area contributed by atoms with Crippen LogP contribution in [0.2, 0.25) is 0 Å². The molecule has 0 spiro atoms. The van der Waals surface area contributed by atoms with Crippen molar-refractivity contribution in [3.05, 3.63) is 29.3 Å². The molecule has 1 heterocycles. The Balaban J connectivity index is 2.25. The number of nitrogens with zero attached hydrogens (tertiary/aromatic N) is 1. The number of rotatable bonds is 6. The van der Waals surface area contributed by atoms with Gasteiger partial charge in [-0.1, -0.05) is 57.3 Å². The highest BCUT2D eigenvalue weighted by Crippen LogP contribution is 2.35. The molecule has 0 aliphatic heterocycles. The molecular weight excluding hydrogens is 374 g/mol. The third-order valence-electron chi connectivity index (χ3n) is 3.21. The van der Waals surface area contributed by atoms with Gasteiger partial charge in [0.1, 0.15) is 0 Å². The van der Waals surface area contributed by atoms with Gasteiger partial charge in [0.05, 0.1) is 15.2 Å². The predicted octanol–water partition coefficient (Wildman–Crippen LogP) is 5.42. The van der Waals surface area contributed by atoms with E-state index in [4.69, 9.17) is 4.98 Å². The van der Waals surface area contributed by atoms with Crippen LogP contribution in [0.3, 0.4) is 0 Å². The van der Waals surface area contributed by atoms with Crippen LogP contribution in [0.25, 0.3) is 10.2 Å². The molecule has 0 aliphatic carbocycles. The number of para-hydroxylation sites is 1. The molecular formula is C14H17Br2NS. The van der Waals surface area contributed by atoms with E-state index in [1.54, 1.807) is 0 Å². The fourth-order valence-corrected chi connectivity index (χ4v) is 5.23. The van der Waals surface area contributed by atoms with E-state index in [0.29, 0.717) is 5.41 Å². The molecule has 2 aromatic rings. The van der Waals surface area contributed by atoms with E-state index < -0.39 is 0 Å². The van der Waals surface area contributed by atoms with Crippen molar-refractivity contribution in [2.24, 2.45) is 5.41 Å². The van der Waals surface area contributed by atoms with Gasteiger partial charge in [-0.3, -0.25) is 0 Å². The maximum atomic E-state index is 4.75. The number of benzene rings is 1. The average Bonchev–Trinajstić information content (AvgIpc) is 2.80. The molecule has 1 aromatic carbocycles. The number of fused-ring (bicyclic) bond motifs is 1. The summed E-state index contributed by atoms with van der Waals surface area (Å²) in [6.45, 7) is 2.25. The molecule has 0 unspecified atom stereocenters. The van der Waals surface area contributed by atoms with Gasteiger partial charge in [-0.05, 0) is 24.0 Å². The third-order valence-corrected chi connectivity index (χ3v) is 6.63. The molecule has 0 amide bonds. The molecule has 0 saturated heterocycles. The van der Waals surface area contributed by atoms with Crippen LogP contribution in [-0.4, -0.2) is 15.6 Å². The van der Waals surface area contributed by atoms with Crippen molar-refractivity contribution in [1.29, 1.82) is 0 Å². The second-order valence-corrected chi connectivity index (χ2v) is 7.01. The molecule has 2 rings (SSSR count). The van der Waals surface area contributed by atoms with E-state index in [1.807, 2.05) is 11.3 Å². The Kier molecular flexibility index (Phi) is 5.22. The van der Waals surface area contributed by atoms with Gasteiger partial charge in [-0.25, -0.2) is 4.98 Å². The first-order valence-electron chi connectivity index (χ1n) is 6.19. The molecule has 0 N–H and O–H groups in total. The normalized spacial score (nSPS) is 12.2. The first kappa shape index (κ1) is 14.5. The number of hydrogen-bond donors (Lipinski definition) is 0. The summed E-state index contributed by atoms with van der Waals surface area (Å²) in [5.41, 5.74) is 1.43. The number of halogens is 2. The lowest BCUT2D eigenvalue weighted by molar-refractivity contribution is 0.351. The Morgan fingerprint density at radius 3 is 2.56 bits per heavy atom. The smallest absolute Gasteiger partial charge is 0.0944 e. The summed E-state index contributed by atoms with van der Waals surface area (Å²) in [6, 6.07) is 8.39. The standard InChI is InChI=1S/C14H17Br2NS/c1-2-7-14(9-15,10-16)8-13-17-11-5-3-4-6-12(11)18-13/h3-6H,2,7-10H2,1H3. The number of alkyl halides is 2. The zero-order valence-corrected chi connectivity index (χ0v) is 14.4. The van der Waals surface area contributed by atoms with Crippen molar-refractivity contribution >= 4 is 53.4 Å². The summed E-state index contributed by atoms with van der Waals surface area (Å²) in [7, 11) is 0. The maximum absolute atomic E-state index is 4.75. The highest BCUT2D eigenvalue weighted by Gasteiger charge is 2.28. The molecule has 0 bridgehead atoms. The molecule has 1 aromatic heterocycles. The lowest BCUT2D eigenvalue weighted by Crippen LogP contribution is -2.27. The summed E-state index contributed by atoms with van der Waals surface area (Å²) in [6.07, 6.45) is 3.48. The topological polar surface area (TPSA) is 12.9 Å². The fraction of sp³-hybridized carbons (Fsp3) is 0.500. The second-order valence-electron chi connectivity index (χ2n) is 4.77. The van der Waals surface area contributed by atoms with Crippen molar-refractivity contribution in [3.8, 4) is 0 Å². The molecule has 0 radical (unpaired) electrons. The number of aromatic nitrogens is 1. The van der Waals surface area contributed by atoms with Crippen LogP contribution in [-0.2, 0) is 6.42 Å². The first-order chi connectivity index (χ1) is 8.73. The van der Waals surface area contributed by atoms with Gasteiger partial charge in [-0.15, -0.1) is 11.3 Å². The van der Waals surface area contributed by atoms with Crippen molar-refractivity contribution < 1.29 is 0 Å². The average molecular weight is 391 g/mol. The van der Waals surface area contributed by atoms with E-state index in [0.717, 1.165) is 22.6 Å². The van der Waals surface area contributed by atoms with Gasteiger partial charge in [0.15, 0.2) is 0 Å². The maximum Gasteiger partial charge on any atom is 0.0944 e. The monoisotopic (exact) mass is 389 g/mol. The Labute approximate surface area is 129 Å². The molecule has 4 heteroatoms. The third kappa shape index (κ3) is 3.14. The van der Waals surface area contributed by atoms with Crippen LogP contribution in [0, 0.1) is 5.41 Å². The van der Waals surface area contributed by atoms with Gasteiger partial charge in [0.25, 0.3) is 0 Å². The minimum absolute atomic E-state index is 0.294. The largest absolute Gasteiger partial charge is 0.241 e. The lowest BCUT2D eigenvalue weighted by atomic mass is 9.85. The van der Waals surface area contributed by atoms with Gasteiger partial charge in [0.2, 0.25) is 0 Å². The van der Waals surface area contributed by atoms with Gasteiger partial charge >= 0.3 is 0 Å². The highest BCUT2D eigenvalue weighted by atomic mass is 79.9. The zero-order chi connectivity index (χ0) is 13.0. The molecule has 0 atom stereocenters. The second kappa shape index (κ2) is 6.49. The van der Waals surface area contributed by atoms with Crippen LogP contribution in [0.15, 0.2) is 24.3 Å². The van der Waals surface area contributed by atoms with Crippen LogP contribution >= 0.6 is 43.2 Å². The van der Waals surface area contributed by atoms with Gasteiger partial charge in [0, 0.05) is 17.1 Å². The van der Waals surface area contributed by atoms with Gasteiger partial charge < -0.3 is 0 Å². The minimum Gasteiger partial charge on any atom is -0.241 e.